The van der Waals surface area contributed by atoms with Crippen LogP contribution in [0.2, 0.25) is 0 Å². The van der Waals surface area contributed by atoms with Crippen molar-refractivity contribution < 1.29 is 39.7 Å². The van der Waals surface area contributed by atoms with Crippen LogP contribution in [-0.2, 0) is 14.2 Å². The molecule has 0 aromatic heterocycles. The monoisotopic (exact) mass is 548 g/mol. The summed E-state index contributed by atoms with van der Waals surface area (Å²) in [7, 11) is 1.75. The Balaban J connectivity index is 1.48. The van der Waals surface area contributed by atoms with E-state index in [1.54, 1.807) is 7.05 Å². The van der Waals surface area contributed by atoms with Crippen molar-refractivity contribution in [2.24, 2.45) is 11.8 Å². The Morgan fingerprint density at radius 2 is 1.42 bits per heavy atom. The van der Waals surface area contributed by atoms with E-state index in [0.29, 0.717) is 36.6 Å². The summed E-state index contributed by atoms with van der Waals surface area (Å²) in [4.78, 5) is 0. The van der Waals surface area contributed by atoms with Crippen molar-refractivity contribution in [3.8, 4) is 0 Å². The summed E-state index contributed by atoms with van der Waals surface area (Å²) in [5.41, 5.74) is 1.69. The van der Waals surface area contributed by atoms with Gasteiger partial charge in [-0.15, -0.1) is 0 Å². The molecule has 36 heavy (non-hydrogen) atoms. The molecule has 12 nitrogen and oxygen atoms in total. The standard InChI is InChI=1S/C22H36N4O8S2/c1-23-21(35)25-13-2-4-14(5-3-13)26-22(36)24-6-7-32-8-9-33-10-11-34-20(31)16-17(28)15(12-27)18(29)19(16)30/h2-5,15-20,27-31H,6-12H2,1H3,(H2,23,25,35)(H2,24,26,36)/t15?,16?,17?,18-,19?,20-/m1/s1. The molecule has 1 fully saturated rings. The highest BCUT2D eigenvalue weighted by molar-refractivity contribution is 7.80. The topological polar surface area (TPSA) is 177 Å². The van der Waals surface area contributed by atoms with Gasteiger partial charge < -0.3 is 61.0 Å². The smallest absolute Gasteiger partial charge is 0.170 e. The van der Waals surface area contributed by atoms with Crippen molar-refractivity contribution in [2.45, 2.75) is 24.6 Å². The molecule has 0 radical (unpaired) electrons. The summed E-state index contributed by atoms with van der Waals surface area (Å²) in [5, 5.41) is 62.1. The number of aliphatic hydroxyl groups excluding tert-OH is 5. The van der Waals surface area contributed by atoms with Crippen LogP contribution in [0.25, 0.3) is 0 Å². The van der Waals surface area contributed by atoms with Gasteiger partial charge in [-0.05, 0) is 48.7 Å². The number of aliphatic hydroxyl groups is 5. The summed E-state index contributed by atoms with van der Waals surface area (Å²) in [5.74, 6) is -2.05. The number of rotatable bonds is 14. The molecule has 0 amide bonds. The first-order valence-corrected chi connectivity index (χ1v) is 12.3. The summed E-state index contributed by atoms with van der Waals surface area (Å²) >= 11 is 10.3. The molecule has 1 aliphatic carbocycles. The number of nitrogens with one attached hydrogen (secondary N) is 4. The van der Waals surface area contributed by atoms with E-state index in [4.69, 9.17) is 38.6 Å². The Morgan fingerprint density at radius 1 is 0.861 bits per heavy atom. The highest BCUT2D eigenvalue weighted by Crippen LogP contribution is 2.34. The first kappa shape index (κ1) is 30.5. The van der Waals surface area contributed by atoms with E-state index in [0.717, 1.165) is 11.4 Å². The molecule has 6 atom stereocenters. The number of hydrogen-bond acceptors (Lipinski definition) is 10. The minimum atomic E-state index is -1.50. The Morgan fingerprint density at radius 3 is 1.97 bits per heavy atom. The van der Waals surface area contributed by atoms with Gasteiger partial charge in [-0.25, -0.2) is 0 Å². The quantitative estimate of drug-likeness (QED) is 0.0752. The maximum absolute atomic E-state index is 10.1. The molecule has 1 saturated carbocycles. The second kappa shape index (κ2) is 16.2. The molecular weight excluding hydrogens is 512 g/mol. The first-order chi connectivity index (χ1) is 17.3. The van der Waals surface area contributed by atoms with Crippen molar-refractivity contribution in [3.63, 3.8) is 0 Å². The number of thiocarbonyl (C=S) groups is 2. The van der Waals surface area contributed by atoms with Gasteiger partial charge >= 0.3 is 0 Å². The second-order valence-electron chi connectivity index (χ2n) is 8.04. The van der Waals surface area contributed by atoms with Crippen molar-refractivity contribution in [1.29, 1.82) is 0 Å². The lowest BCUT2D eigenvalue weighted by Crippen LogP contribution is -2.39. The van der Waals surface area contributed by atoms with E-state index in [1.165, 1.54) is 0 Å². The van der Waals surface area contributed by atoms with Gasteiger partial charge in [0.25, 0.3) is 0 Å². The van der Waals surface area contributed by atoms with Gasteiger partial charge in [0.15, 0.2) is 16.5 Å². The molecule has 14 heteroatoms. The van der Waals surface area contributed by atoms with E-state index in [1.807, 2.05) is 24.3 Å². The lowest BCUT2D eigenvalue weighted by atomic mass is 10.0. The first-order valence-electron chi connectivity index (χ1n) is 11.5. The highest BCUT2D eigenvalue weighted by atomic mass is 32.1. The fraction of sp³-hybridized carbons (Fsp3) is 0.636. The van der Waals surface area contributed by atoms with Gasteiger partial charge in [0.1, 0.15) is 0 Å². The number of ether oxygens (including phenoxy) is 3. The fourth-order valence-corrected chi connectivity index (χ4v) is 3.96. The van der Waals surface area contributed by atoms with Crippen LogP contribution in [0.3, 0.4) is 0 Å². The lowest BCUT2D eigenvalue weighted by Gasteiger charge is -2.24. The number of hydrogen-bond donors (Lipinski definition) is 9. The van der Waals surface area contributed by atoms with Gasteiger partial charge in [-0.2, -0.15) is 0 Å². The molecule has 9 N–H and O–H groups in total. The van der Waals surface area contributed by atoms with E-state index in [2.05, 4.69) is 21.3 Å². The van der Waals surface area contributed by atoms with Crippen LogP contribution in [0.15, 0.2) is 24.3 Å². The van der Waals surface area contributed by atoms with E-state index >= 15 is 0 Å². The third-order valence-electron chi connectivity index (χ3n) is 5.60. The molecule has 2 rings (SSSR count). The summed E-state index contributed by atoms with van der Waals surface area (Å²) in [6, 6.07) is 7.50. The summed E-state index contributed by atoms with van der Waals surface area (Å²) in [6.45, 7) is 1.23. The van der Waals surface area contributed by atoms with Crippen LogP contribution in [0, 0.1) is 11.8 Å². The Bertz CT molecular complexity index is 807. The second-order valence-corrected chi connectivity index (χ2v) is 8.86. The van der Waals surface area contributed by atoms with Crippen LogP contribution >= 0.6 is 24.4 Å². The predicted molar refractivity (Wildman–Crippen MR) is 142 cm³/mol. The number of benzene rings is 1. The number of anilines is 2. The fourth-order valence-electron chi connectivity index (χ4n) is 3.63. The molecule has 0 saturated heterocycles. The third kappa shape index (κ3) is 9.63. The summed E-state index contributed by atoms with van der Waals surface area (Å²) < 4.78 is 16.0. The van der Waals surface area contributed by atoms with Gasteiger partial charge in [0.05, 0.1) is 63.9 Å². The van der Waals surface area contributed by atoms with Crippen LogP contribution in [0.4, 0.5) is 11.4 Å². The van der Waals surface area contributed by atoms with Crippen LogP contribution < -0.4 is 21.3 Å². The SMILES string of the molecule is CNC(=S)Nc1ccc(NC(=S)NCCOCCOCCO[C@@H](O)C2C(O)C(CO)[C@@H](O)C2O)cc1. The van der Waals surface area contributed by atoms with Crippen molar-refractivity contribution in [1.82, 2.24) is 10.6 Å². The zero-order valence-corrected chi connectivity index (χ0v) is 21.6. The van der Waals surface area contributed by atoms with Crippen molar-refractivity contribution in [3.05, 3.63) is 24.3 Å². The average molecular weight is 549 g/mol. The highest BCUT2D eigenvalue weighted by Gasteiger charge is 2.51. The van der Waals surface area contributed by atoms with Crippen LogP contribution in [0.1, 0.15) is 0 Å². The van der Waals surface area contributed by atoms with Gasteiger partial charge in [-0.1, -0.05) is 0 Å². The van der Waals surface area contributed by atoms with Gasteiger partial charge in [0.2, 0.25) is 0 Å². The molecule has 1 aliphatic rings. The maximum atomic E-state index is 10.1. The average Bonchev–Trinajstić information content (AvgIpc) is 3.08. The van der Waals surface area contributed by atoms with Gasteiger partial charge in [-0.3, -0.25) is 0 Å². The minimum Gasteiger partial charge on any atom is -0.396 e. The third-order valence-corrected chi connectivity index (χ3v) is 6.16. The molecule has 1 aromatic rings. The lowest BCUT2D eigenvalue weighted by molar-refractivity contribution is -0.182. The zero-order valence-electron chi connectivity index (χ0n) is 20.0. The molecular formula is C22H36N4O8S2. The largest absolute Gasteiger partial charge is 0.396 e. The normalized spacial score (nSPS) is 24.2. The predicted octanol–water partition coefficient (Wildman–Crippen LogP) is -1.42. The summed E-state index contributed by atoms with van der Waals surface area (Å²) in [6.07, 6.45) is -5.52. The molecule has 0 bridgehead atoms. The zero-order chi connectivity index (χ0) is 26.5. The Labute approximate surface area is 220 Å². The molecule has 4 unspecified atom stereocenters. The molecule has 0 aliphatic heterocycles. The van der Waals surface area contributed by atoms with E-state index < -0.39 is 43.0 Å². The van der Waals surface area contributed by atoms with Crippen molar-refractivity contribution >= 4 is 46.0 Å². The van der Waals surface area contributed by atoms with Crippen LogP contribution in [0.5, 0.6) is 0 Å². The Kier molecular flexibility index (Phi) is 13.7. The van der Waals surface area contributed by atoms with Gasteiger partial charge in [0, 0.05) is 30.9 Å². The Hall–Kier alpha value is -1.72. The molecule has 0 spiro atoms. The van der Waals surface area contributed by atoms with Crippen molar-refractivity contribution in [2.75, 3.05) is 63.9 Å². The molecule has 0 heterocycles. The molecule has 1 aromatic carbocycles. The maximum Gasteiger partial charge on any atom is 0.170 e. The van der Waals surface area contributed by atoms with E-state index in [-0.39, 0.29) is 13.2 Å². The van der Waals surface area contributed by atoms with E-state index in [9.17, 15) is 25.5 Å². The van der Waals surface area contributed by atoms with Crippen LogP contribution in [-0.4, -0.2) is 114 Å². The minimum absolute atomic E-state index is 0.0116. The molecule has 204 valence electrons.